The molecule has 0 aliphatic carbocycles. The Kier molecular flexibility index (Phi) is 3.81. The normalized spacial score (nSPS) is 12.8. The summed E-state index contributed by atoms with van der Waals surface area (Å²) >= 11 is 0. The molecule has 1 aromatic carbocycles. The molecular weight excluding hydrogens is 148 g/mol. The van der Waals surface area contributed by atoms with Crippen LogP contribution >= 0.6 is 0 Å². The Morgan fingerprint density at radius 2 is 1.92 bits per heavy atom. The van der Waals surface area contributed by atoms with Crippen molar-refractivity contribution in [3.8, 4) is 0 Å². The van der Waals surface area contributed by atoms with Gasteiger partial charge in [-0.15, -0.1) is 0 Å². The second-order valence-corrected chi connectivity index (χ2v) is 3.15. The van der Waals surface area contributed by atoms with Gasteiger partial charge in [0.15, 0.2) is 0 Å². The molecule has 1 aromatic rings. The maximum atomic E-state index is 8.99. The van der Waals surface area contributed by atoms with Crippen LogP contribution in [-0.4, -0.2) is 11.7 Å². The number of aliphatic hydroxyl groups is 1. The summed E-state index contributed by atoms with van der Waals surface area (Å²) in [5.41, 5.74) is 1.32. The van der Waals surface area contributed by atoms with Gasteiger partial charge in [0, 0.05) is 6.61 Å². The average Bonchev–Trinajstić information content (AvgIpc) is 2.16. The summed E-state index contributed by atoms with van der Waals surface area (Å²) in [4.78, 5) is 0. The van der Waals surface area contributed by atoms with Crippen LogP contribution in [0.5, 0.6) is 0 Å². The van der Waals surface area contributed by atoms with Crippen LogP contribution < -0.4 is 0 Å². The van der Waals surface area contributed by atoms with Crippen molar-refractivity contribution in [3.05, 3.63) is 35.9 Å². The molecule has 0 aliphatic rings. The van der Waals surface area contributed by atoms with E-state index in [2.05, 4.69) is 19.1 Å². The minimum Gasteiger partial charge on any atom is -0.396 e. The van der Waals surface area contributed by atoms with E-state index in [4.69, 9.17) is 5.11 Å². The first-order chi connectivity index (χ1) is 5.86. The van der Waals surface area contributed by atoms with Gasteiger partial charge in [-0.05, 0) is 17.9 Å². The fraction of sp³-hybridized carbons (Fsp3) is 0.455. The molecule has 1 atom stereocenters. The van der Waals surface area contributed by atoms with Crippen LogP contribution in [0.25, 0.3) is 0 Å². The summed E-state index contributed by atoms with van der Waals surface area (Å²) in [5, 5.41) is 8.99. The second kappa shape index (κ2) is 4.94. The molecule has 0 bridgehead atoms. The van der Waals surface area contributed by atoms with Crippen molar-refractivity contribution >= 4 is 0 Å². The van der Waals surface area contributed by atoms with E-state index in [0.29, 0.717) is 12.5 Å². The molecule has 0 unspecified atom stereocenters. The van der Waals surface area contributed by atoms with E-state index >= 15 is 0 Å². The van der Waals surface area contributed by atoms with Crippen molar-refractivity contribution in [2.75, 3.05) is 6.61 Å². The zero-order valence-corrected chi connectivity index (χ0v) is 7.53. The highest BCUT2D eigenvalue weighted by molar-refractivity contribution is 5.15. The molecule has 66 valence electrons. The lowest BCUT2D eigenvalue weighted by molar-refractivity contribution is 0.222. The van der Waals surface area contributed by atoms with Crippen LogP contribution in [0, 0.1) is 5.92 Å². The van der Waals surface area contributed by atoms with E-state index in [1.54, 1.807) is 0 Å². The highest BCUT2D eigenvalue weighted by atomic mass is 16.3. The summed E-state index contributed by atoms with van der Waals surface area (Å²) in [5.74, 6) is 0.424. The van der Waals surface area contributed by atoms with Crippen LogP contribution in [0.4, 0.5) is 0 Å². The van der Waals surface area contributed by atoms with E-state index in [1.807, 2.05) is 18.2 Å². The molecule has 0 radical (unpaired) electrons. The van der Waals surface area contributed by atoms with Crippen molar-refractivity contribution in [2.24, 2.45) is 5.92 Å². The molecule has 0 saturated heterocycles. The number of benzene rings is 1. The van der Waals surface area contributed by atoms with Crippen LogP contribution in [-0.2, 0) is 6.42 Å². The van der Waals surface area contributed by atoms with Crippen LogP contribution in [0.2, 0.25) is 0 Å². The molecule has 0 heterocycles. The van der Waals surface area contributed by atoms with Gasteiger partial charge in [-0.25, -0.2) is 0 Å². The van der Waals surface area contributed by atoms with Gasteiger partial charge in [-0.1, -0.05) is 43.7 Å². The molecule has 0 spiro atoms. The number of rotatable bonds is 4. The maximum absolute atomic E-state index is 8.99. The maximum Gasteiger partial charge on any atom is 0.0462 e. The zero-order chi connectivity index (χ0) is 8.81. The minimum absolute atomic E-state index is 0.297. The zero-order valence-electron chi connectivity index (χ0n) is 7.53. The SMILES string of the molecule is CC[C@@H](CO)Cc1ccccc1. The van der Waals surface area contributed by atoms with E-state index < -0.39 is 0 Å². The van der Waals surface area contributed by atoms with E-state index in [1.165, 1.54) is 5.56 Å². The summed E-state index contributed by atoms with van der Waals surface area (Å²) in [6.45, 7) is 2.41. The monoisotopic (exact) mass is 164 g/mol. The first-order valence-electron chi connectivity index (χ1n) is 4.51. The molecule has 0 aromatic heterocycles. The Morgan fingerprint density at radius 3 is 2.42 bits per heavy atom. The van der Waals surface area contributed by atoms with Gasteiger partial charge in [0.25, 0.3) is 0 Å². The predicted octanol–water partition coefficient (Wildman–Crippen LogP) is 2.25. The lowest BCUT2D eigenvalue weighted by Gasteiger charge is -2.10. The Hall–Kier alpha value is -0.820. The topological polar surface area (TPSA) is 20.2 Å². The van der Waals surface area contributed by atoms with Crippen LogP contribution in [0.1, 0.15) is 18.9 Å². The Labute approximate surface area is 74.1 Å². The highest BCUT2D eigenvalue weighted by Crippen LogP contribution is 2.10. The smallest absolute Gasteiger partial charge is 0.0462 e. The molecule has 0 amide bonds. The number of hydrogen-bond donors (Lipinski definition) is 1. The largest absolute Gasteiger partial charge is 0.396 e. The van der Waals surface area contributed by atoms with Crippen molar-refractivity contribution in [2.45, 2.75) is 19.8 Å². The molecule has 1 N–H and O–H groups in total. The lowest BCUT2D eigenvalue weighted by Crippen LogP contribution is -2.07. The Bertz CT molecular complexity index is 202. The fourth-order valence-electron chi connectivity index (χ4n) is 1.29. The summed E-state index contributed by atoms with van der Waals surface area (Å²) < 4.78 is 0. The molecule has 1 nitrogen and oxygen atoms in total. The van der Waals surface area contributed by atoms with E-state index in [0.717, 1.165) is 12.8 Å². The van der Waals surface area contributed by atoms with Crippen LogP contribution in [0.15, 0.2) is 30.3 Å². The first-order valence-corrected chi connectivity index (χ1v) is 4.51. The molecular formula is C11H16O. The number of hydrogen-bond acceptors (Lipinski definition) is 1. The highest BCUT2D eigenvalue weighted by Gasteiger charge is 2.04. The van der Waals surface area contributed by atoms with Gasteiger partial charge < -0.3 is 5.11 Å². The second-order valence-electron chi connectivity index (χ2n) is 3.15. The van der Waals surface area contributed by atoms with Gasteiger partial charge in [0.1, 0.15) is 0 Å². The third-order valence-corrected chi connectivity index (χ3v) is 2.20. The number of aliphatic hydroxyl groups excluding tert-OH is 1. The summed E-state index contributed by atoms with van der Waals surface area (Å²) in [7, 11) is 0. The van der Waals surface area contributed by atoms with Crippen molar-refractivity contribution < 1.29 is 5.11 Å². The molecule has 0 aliphatic heterocycles. The van der Waals surface area contributed by atoms with Gasteiger partial charge in [0.2, 0.25) is 0 Å². The van der Waals surface area contributed by atoms with Gasteiger partial charge >= 0.3 is 0 Å². The predicted molar refractivity (Wildman–Crippen MR) is 51.0 cm³/mol. The minimum atomic E-state index is 0.297. The fourth-order valence-corrected chi connectivity index (χ4v) is 1.29. The van der Waals surface area contributed by atoms with Crippen molar-refractivity contribution in [1.82, 2.24) is 0 Å². The Balaban J connectivity index is 2.51. The van der Waals surface area contributed by atoms with E-state index in [9.17, 15) is 0 Å². The standard InChI is InChI=1S/C11H16O/c1-2-10(9-12)8-11-6-4-3-5-7-11/h3-7,10,12H,2,8-9H2,1H3/t10-/m1/s1. The summed E-state index contributed by atoms with van der Waals surface area (Å²) in [6.07, 6.45) is 2.04. The van der Waals surface area contributed by atoms with Crippen molar-refractivity contribution in [1.29, 1.82) is 0 Å². The lowest BCUT2D eigenvalue weighted by atomic mass is 9.98. The van der Waals surface area contributed by atoms with Gasteiger partial charge in [-0.2, -0.15) is 0 Å². The molecule has 12 heavy (non-hydrogen) atoms. The quantitative estimate of drug-likeness (QED) is 0.723. The van der Waals surface area contributed by atoms with Gasteiger partial charge in [0.05, 0.1) is 0 Å². The van der Waals surface area contributed by atoms with Crippen LogP contribution in [0.3, 0.4) is 0 Å². The first kappa shape index (κ1) is 9.27. The van der Waals surface area contributed by atoms with E-state index in [-0.39, 0.29) is 0 Å². The summed E-state index contributed by atoms with van der Waals surface area (Å²) in [6, 6.07) is 10.3. The van der Waals surface area contributed by atoms with Crippen molar-refractivity contribution in [3.63, 3.8) is 0 Å². The molecule has 1 rings (SSSR count). The molecule has 0 saturated carbocycles. The molecule has 0 fully saturated rings. The third kappa shape index (κ3) is 2.67. The Morgan fingerprint density at radius 1 is 1.25 bits per heavy atom. The molecule has 1 heteroatoms. The third-order valence-electron chi connectivity index (χ3n) is 2.20. The van der Waals surface area contributed by atoms with Gasteiger partial charge in [-0.3, -0.25) is 0 Å². The average molecular weight is 164 g/mol.